The first kappa shape index (κ1) is 25.1. The number of hydrogen-bond donors (Lipinski definition) is 3. The van der Waals surface area contributed by atoms with E-state index < -0.39 is 48.6 Å². The molecule has 2 amide bonds. The zero-order valence-electron chi connectivity index (χ0n) is 18.6. The molecule has 10 heteroatoms. The van der Waals surface area contributed by atoms with Gasteiger partial charge in [-0.2, -0.15) is 13.2 Å². The normalized spacial score (nSPS) is 14.6. The first-order valence-corrected chi connectivity index (χ1v) is 10.7. The van der Waals surface area contributed by atoms with Crippen molar-refractivity contribution in [2.24, 2.45) is 5.92 Å². The molecule has 0 aliphatic heterocycles. The highest BCUT2D eigenvalue weighted by Crippen LogP contribution is 2.44. The molecule has 34 heavy (non-hydrogen) atoms. The van der Waals surface area contributed by atoms with Crippen LogP contribution in [0.5, 0.6) is 0 Å². The van der Waals surface area contributed by atoms with Crippen molar-refractivity contribution >= 4 is 18.0 Å². The molecule has 7 nitrogen and oxygen atoms in total. The van der Waals surface area contributed by atoms with Crippen molar-refractivity contribution in [3.05, 3.63) is 59.7 Å². The van der Waals surface area contributed by atoms with Crippen LogP contribution >= 0.6 is 0 Å². The van der Waals surface area contributed by atoms with E-state index in [4.69, 9.17) is 4.74 Å². The molecule has 182 valence electrons. The molecule has 0 heterocycles. The third kappa shape index (κ3) is 5.86. The van der Waals surface area contributed by atoms with E-state index in [1.165, 1.54) is 13.8 Å². The highest BCUT2D eigenvalue weighted by atomic mass is 19.4. The van der Waals surface area contributed by atoms with Crippen LogP contribution in [0.3, 0.4) is 0 Å². The van der Waals surface area contributed by atoms with Crippen molar-refractivity contribution < 1.29 is 37.4 Å². The molecule has 0 saturated heterocycles. The summed E-state index contributed by atoms with van der Waals surface area (Å²) in [5.74, 6) is -3.55. The van der Waals surface area contributed by atoms with Crippen LogP contribution in [0, 0.1) is 5.92 Å². The number of nitrogens with one attached hydrogen (secondary N) is 2. The number of rotatable bonds is 8. The molecule has 0 fully saturated rings. The number of alkyl halides is 3. The van der Waals surface area contributed by atoms with Gasteiger partial charge in [-0.15, -0.1) is 0 Å². The van der Waals surface area contributed by atoms with Gasteiger partial charge >= 0.3 is 18.2 Å². The summed E-state index contributed by atoms with van der Waals surface area (Å²) in [4.78, 5) is 36.1. The molecule has 0 spiro atoms. The first-order valence-electron chi connectivity index (χ1n) is 10.7. The Morgan fingerprint density at radius 3 is 1.97 bits per heavy atom. The van der Waals surface area contributed by atoms with Gasteiger partial charge in [-0.05, 0) is 28.2 Å². The Labute approximate surface area is 194 Å². The zero-order valence-corrected chi connectivity index (χ0v) is 18.6. The predicted octanol–water partition coefficient (Wildman–Crippen LogP) is 4.07. The van der Waals surface area contributed by atoms with Crippen molar-refractivity contribution in [1.82, 2.24) is 10.6 Å². The number of carboxylic acid groups (broad SMARTS) is 1. The van der Waals surface area contributed by atoms with Gasteiger partial charge in [-0.3, -0.25) is 4.79 Å². The summed E-state index contributed by atoms with van der Waals surface area (Å²) in [7, 11) is 0. The molecule has 0 bridgehead atoms. The van der Waals surface area contributed by atoms with Gasteiger partial charge in [0.15, 0.2) is 0 Å². The fourth-order valence-electron chi connectivity index (χ4n) is 3.99. The number of halogens is 3. The average molecular weight is 478 g/mol. The largest absolute Gasteiger partial charge is 0.480 e. The van der Waals surface area contributed by atoms with Crippen molar-refractivity contribution in [3.63, 3.8) is 0 Å². The lowest BCUT2D eigenvalue weighted by atomic mass is 9.98. The quantitative estimate of drug-likeness (QED) is 0.531. The zero-order chi connectivity index (χ0) is 25.0. The van der Waals surface area contributed by atoms with Gasteiger partial charge in [-0.1, -0.05) is 62.4 Å². The van der Waals surface area contributed by atoms with Gasteiger partial charge in [0.1, 0.15) is 18.7 Å². The van der Waals surface area contributed by atoms with Crippen LogP contribution in [-0.4, -0.2) is 47.9 Å². The standard InChI is InChI=1S/C24H25F3N2O5/c1-13(2)20(22(31)32)29-21(30)19(11-24(25,26)27)28-23(33)34-12-18-16-9-5-3-7-14(16)15-8-4-6-10-17(15)18/h3-10,13,18-20H,11-12H2,1-2H3,(H,28,33)(H,29,30)(H,31,32)/t19?,20-/m1/s1. The molecule has 1 unspecified atom stereocenters. The maximum absolute atomic E-state index is 13.0. The highest BCUT2D eigenvalue weighted by molar-refractivity contribution is 5.89. The summed E-state index contributed by atoms with van der Waals surface area (Å²) in [6, 6.07) is 11.6. The van der Waals surface area contributed by atoms with Crippen molar-refractivity contribution in [2.45, 2.75) is 44.4 Å². The number of alkyl carbamates (subject to hydrolysis) is 1. The minimum atomic E-state index is -4.78. The lowest BCUT2D eigenvalue weighted by molar-refractivity contribution is -0.151. The molecule has 2 aromatic carbocycles. The van der Waals surface area contributed by atoms with Crippen LogP contribution in [0.15, 0.2) is 48.5 Å². The number of carbonyl (C=O) groups excluding carboxylic acids is 2. The number of aliphatic carboxylic acids is 1. The van der Waals surface area contributed by atoms with Crippen molar-refractivity contribution in [2.75, 3.05) is 6.61 Å². The van der Waals surface area contributed by atoms with Gasteiger partial charge in [0, 0.05) is 5.92 Å². The number of benzene rings is 2. The number of carbonyl (C=O) groups is 3. The van der Waals surface area contributed by atoms with E-state index in [9.17, 15) is 32.7 Å². The van der Waals surface area contributed by atoms with Gasteiger partial charge in [0.05, 0.1) is 6.42 Å². The fraction of sp³-hybridized carbons (Fsp3) is 0.375. The molecule has 0 saturated carbocycles. The second kappa shape index (κ2) is 10.1. The Morgan fingerprint density at radius 2 is 1.50 bits per heavy atom. The number of fused-ring (bicyclic) bond motifs is 3. The number of carboxylic acids is 1. The van der Waals surface area contributed by atoms with Crippen LogP contribution in [-0.2, 0) is 14.3 Å². The van der Waals surface area contributed by atoms with Crippen molar-refractivity contribution in [3.8, 4) is 11.1 Å². The molecule has 2 aromatic rings. The molecule has 0 radical (unpaired) electrons. The Morgan fingerprint density at radius 1 is 0.971 bits per heavy atom. The Balaban J connectivity index is 1.70. The fourth-order valence-corrected chi connectivity index (χ4v) is 3.99. The monoisotopic (exact) mass is 478 g/mol. The number of ether oxygens (including phenoxy) is 1. The molecule has 3 rings (SSSR count). The van der Waals surface area contributed by atoms with E-state index in [0.29, 0.717) is 0 Å². The maximum Gasteiger partial charge on any atom is 0.407 e. The summed E-state index contributed by atoms with van der Waals surface area (Å²) < 4.78 is 44.4. The van der Waals surface area contributed by atoms with Gasteiger partial charge in [0.2, 0.25) is 5.91 Å². The predicted molar refractivity (Wildman–Crippen MR) is 117 cm³/mol. The van der Waals surface area contributed by atoms with Crippen LogP contribution in [0.2, 0.25) is 0 Å². The van der Waals surface area contributed by atoms with Gasteiger partial charge in [-0.25, -0.2) is 9.59 Å². The van der Waals surface area contributed by atoms with E-state index in [1.807, 2.05) is 53.8 Å². The van der Waals surface area contributed by atoms with Crippen LogP contribution in [0.1, 0.15) is 37.3 Å². The SMILES string of the molecule is CC(C)[C@@H](NC(=O)C(CC(F)(F)F)NC(=O)OCC1c2ccccc2-c2ccccc21)C(=O)O. The average Bonchev–Trinajstić information content (AvgIpc) is 3.08. The van der Waals surface area contributed by atoms with E-state index in [-0.39, 0.29) is 12.5 Å². The van der Waals surface area contributed by atoms with Crippen molar-refractivity contribution in [1.29, 1.82) is 0 Å². The molecule has 1 aliphatic carbocycles. The Kier molecular flexibility index (Phi) is 7.48. The highest BCUT2D eigenvalue weighted by Gasteiger charge is 2.38. The first-order chi connectivity index (χ1) is 16.0. The molecular formula is C24H25F3N2O5. The minimum absolute atomic E-state index is 0.149. The van der Waals surface area contributed by atoms with Crippen LogP contribution in [0.25, 0.3) is 11.1 Å². The Hall–Kier alpha value is -3.56. The second-order valence-corrected chi connectivity index (χ2v) is 8.41. The van der Waals surface area contributed by atoms with E-state index in [0.717, 1.165) is 22.3 Å². The molecule has 1 aliphatic rings. The summed E-state index contributed by atoms with van der Waals surface area (Å²) in [5.41, 5.74) is 3.80. The molecule has 0 aromatic heterocycles. The third-order valence-corrected chi connectivity index (χ3v) is 5.62. The molecule has 2 atom stereocenters. The number of amides is 2. The minimum Gasteiger partial charge on any atom is -0.480 e. The lowest BCUT2D eigenvalue weighted by Gasteiger charge is -2.24. The second-order valence-electron chi connectivity index (χ2n) is 8.41. The van der Waals surface area contributed by atoms with Gasteiger partial charge in [0.25, 0.3) is 0 Å². The number of hydrogen-bond acceptors (Lipinski definition) is 4. The van der Waals surface area contributed by atoms with Gasteiger partial charge < -0.3 is 20.5 Å². The summed E-state index contributed by atoms with van der Waals surface area (Å²) in [6.07, 6.45) is -7.66. The summed E-state index contributed by atoms with van der Waals surface area (Å²) >= 11 is 0. The van der Waals surface area contributed by atoms with E-state index in [1.54, 1.807) is 0 Å². The molecular weight excluding hydrogens is 453 g/mol. The van der Waals surface area contributed by atoms with Crippen LogP contribution < -0.4 is 10.6 Å². The third-order valence-electron chi connectivity index (χ3n) is 5.62. The lowest BCUT2D eigenvalue weighted by Crippen LogP contribution is -2.54. The van der Waals surface area contributed by atoms with E-state index in [2.05, 4.69) is 5.32 Å². The smallest absolute Gasteiger partial charge is 0.407 e. The topological polar surface area (TPSA) is 105 Å². The Bertz CT molecular complexity index is 1030. The summed E-state index contributed by atoms with van der Waals surface area (Å²) in [5, 5.41) is 13.2. The molecule has 3 N–H and O–H groups in total. The summed E-state index contributed by atoms with van der Waals surface area (Å²) in [6.45, 7) is 2.84. The van der Waals surface area contributed by atoms with E-state index >= 15 is 0 Å². The van der Waals surface area contributed by atoms with Crippen LogP contribution in [0.4, 0.5) is 18.0 Å². The maximum atomic E-state index is 13.0.